The first-order valence-corrected chi connectivity index (χ1v) is 11.2. The van der Waals surface area contributed by atoms with E-state index < -0.39 is 17.7 Å². The van der Waals surface area contributed by atoms with Gasteiger partial charge in [-0.15, -0.1) is 0 Å². The van der Waals surface area contributed by atoms with Crippen LogP contribution in [0.15, 0.2) is 18.2 Å². The van der Waals surface area contributed by atoms with E-state index in [1.807, 2.05) is 0 Å². The summed E-state index contributed by atoms with van der Waals surface area (Å²) in [6.45, 7) is 6.71. The van der Waals surface area contributed by atoms with E-state index in [2.05, 4.69) is 11.8 Å². The summed E-state index contributed by atoms with van der Waals surface area (Å²) in [6.07, 6.45) is 5.07. The van der Waals surface area contributed by atoms with E-state index in [1.165, 1.54) is 4.90 Å². The van der Waals surface area contributed by atoms with Gasteiger partial charge >= 0.3 is 6.09 Å². The van der Waals surface area contributed by atoms with Gasteiger partial charge in [0.1, 0.15) is 5.82 Å². The first kappa shape index (κ1) is 25.5. The number of unbranched alkanes of at least 4 members (excludes halogenated alkanes) is 1. The smallest absolute Gasteiger partial charge is 0.407 e. The number of hydrogen-bond donors (Lipinski definition) is 0. The van der Waals surface area contributed by atoms with Gasteiger partial charge in [-0.25, -0.2) is 13.6 Å². The van der Waals surface area contributed by atoms with Crippen LogP contribution in [0.25, 0.3) is 0 Å². The lowest BCUT2D eigenvalue weighted by Gasteiger charge is -2.34. The summed E-state index contributed by atoms with van der Waals surface area (Å²) in [7, 11) is 3.38. The van der Waals surface area contributed by atoms with Crippen LogP contribution in [0.5, 0.6) is 5.75 Å². The van der Waals surface area contributed by atoms with Crippen molar-refractivity contribution in [3.8, 4) is 5.75 Å². The molecule has 0 aromatic heterocycles. The number of ether oxygens (including phenoxy) is 3. The summed E-state index contributed by atoms with van der Waals surface area (Å²) >= 11 is 0. The number of carbonyl (C=O) groups excluding carboxylic acids is 1. The zero-order valence-corrected chi connectivity index (χ0v) is 18.9. The van der Waals surface area contributed by atoms with E-state index in [4.69, 9.17) is 14.2 Å². The third-order valence-corrected chi connectivity index (χ3v) is 5.85. The predicted molar refractivity (Wildman–Crippen MR) is 115 cm³/mol. The lowest BCUT2D eigenvalue weighted by Crippen LogP contribution is -2.42. The zero-order valence-electron chi connectivity index (χ0n) is 18.9. The number of benzene rings is 1. The Hall–Kier alpha value is -1.77. The minimum Gasteiger partial charge on any atom is -0.407 e. The van der Waals surface area contributed by atoms with Gasteiger partial charge in [0, 0.05) is 39.4 Å². The first-order valence-electron chi connectivity index (χ1n) is 11.2. The number of carbonyl (C=O) groups is 1. The van der Waals surface area contributed by atoms with Gasteiger partial charge < -0.3 is 24.0 Å². The van der Waals surface area contributed by atoms with Gasteiger partial charge in [-0.3, -0.25) is 0 Å². The van der Waals surface area contributed by atoms with Crippen LogP contribution in [0.3, 0.4) is 0 Å². The van der Waals surface area contributed by atoms with Gasteiger partial charge in [-0.2, -0.15) is 0 Å². The summed E-state index contributed by atoms with van der Waals surface area (Å²) in [6, 6.07) is 2.91. The normalized spacial score (nSPS) is 18.9. The maximum Gasteiger partial charge on any atom is 0.415 e. The Morgan fingerprint density at radius 1 is 1.10 bits per heavy atom. The molecule has 6 nitrogen and oxygen atoms in total. The van der Waals surface area contributed by atoms with Gasteiger partial charge in [-0.05, 0) is 63.7 Å². The molecular formula is C23H36F2N2O4. The quantitative estimate of drug-likeness (QED) is 0.447. The Bertz CT molecular complexity index is 669. The molecule has 1 aromatic rings. The second kappa shape index (κ2) is 13.6. The lowest BCUT2D eigenvalue weighted by molar-refractivity contribution is 0.00975. The minimum atomic E-state index is -0.889. The van der Waals surface area contributed by atoms with E-state index in [0.717, 1.165) is 83.5 Å². The SMILES string of the molecule is CCN(CCCCOC1CCC(N(C)C(=O)Oc2ccc(F)cc2F)CC1)CCOC. The van der Waals surface area contributed by atoms with Gasteiger partial charge in [0.2, 0.25) is 0 Å². The van der Waals surface area contributed by atoms with Gasteiger partial charge in [0.05, 0.1) is 12.7 Å². The zero-order chi connectivity index (χ0) is 22.6. The maximum absolute atomic E-state index is 13.7. The van der Waals surface area contributed by atoms with Crippen molar-refractivity contribution >= 4 is 6.09 Å². The first-order chi connectivity index (χ1) is 14.9. The van der Waals surface area contributed by atoms with Crippen LogP contribution in [-0.4, -0.2) is 75.0 Å². The largest absolute Gasteiger partial charge is 0.415 e. The Kier molecular flexibility index (Phi) is 11.2. The summed E-state index contributed by atoms with van der Waals surface area (Å²) in [5.41, 5.74) is 0. The third kappa shape index (κ3) is 8.71. The van der Waals surface area contributed by atoms with Crippen LogP contribution in [0.1, 0.15) is 45.4 Å². The molecule has 0 N–H and O–H groups in total. The van der Waals surface area contributed by atoms with Gasteiger partial charge in [0.25, 0.3) is 0 Å². The molecule has 1 saturated carbocycles. The molecule has 0 radical (unpaired) electrons. The molecule has 0 unspecified atom stereocenters. The summed E-state index contributed by atoms with van der Waals surface area (Å²) in [4.78, 5) is 16.2. The highest BCUT2D eigenvalue weighted by Crippen LogP contribution is 2.26. The molecule has 0 heterocycles. The highest BCUT2D eigenvalue weighted by molar-refractivity contribution is 5.70. The Labute approximate surface area is 184 Å². The van der Waals surface area contributed by atoms with Crippen molar-refractivity contribution in [1.29, 1.82) is 0 Å². The maximum atomic E-state index is 13.7. The van der Waals surface area contributed by atoms with E-state index >= 15 is 0 Å². The molecular weight excluding hydrogens is 406 g/mol. The second-order valence-electron chi connectivity index (χ2n) is 7.99. The fraction of sp³-hybridized carbons (Fsp3) is 0.696. The molecule has 0 atom stereocenters. The molecule has 1 amide bonds. The lowest BCUT2D eigenvalue weighted by atomic mass is 9.92. The second-order valence-corrected chi connectivity index (χ2v) is 7.99. The molecule has 8 heteroatoms. The van der Waals surface area contributed by atoms with Crippen molar-refractivity contribution in [1.82, 2.24) is 9.80 Å². The van der Waals surface area contributed by atoms with Crippen LogP contribution < -0.4 is 4.74 Å². The molecule has 0 spiro atoms. The molecule has 1 aliphatic rings. The minimum absolute atomic E-state index is 0.0229. The van der Waals surface area contributed by atoms with Crippen molar-refractivity contribution in [2.75, 3.05) is 47.0 Å². The molecule has 0 aliphatic heterocycles. The topological polar surface area (TPSA) is 51.2 Å². The molecule has 0 bridgehead atoms. The van der Waals surface area contributed by atoms with Crippen molar-refractivity contribution in [2.45, 2.75) is 57.6 Å². The number of nitrogens with zero attached hydrogens (tertiary/aromatic N) is 2. The van der Waals surface area contributed by atoms with E-state index in [0.29, 0.717) is 6.07 Å². The molecule has 1 fully saturated rings. The van der Waals surface area contributed by atoms with Crippen LogP contribution in [-0.2, 0) is 9.47 Å². The average molecular weight is 443 g/mol. The number of likely N-dealkylation sites (N-methyl/N-ethyl adjacent to an activating group) is 1. The van der Waals surface area contributed by atoms with Crippen LogP contribution in [0.2, 0.25) is 0 Å². The van der Waals surface area contributed by atoms with Crippen LogP contribution >= 0.6 is 0 Å². The highest BCUT2D eigenvalue weighted by atomic mass is 19.1. The Morgan fingerprint density at radius 2 is 1.84 bits per heavy atom. The fourth-order valence-corrected chi connectivity index (χ4v) is 3.81. The monoisotopic (exact) mass is 442 g/mol. The van der Waals surface area contributed by atoms with Crippen molar-refractivity contribution in [3.05, 3.63) is 29.8 Å². The number of hydrogen-bond acceptors (Lipinski definition) is 5. The molecule has 176 valence electrons. The molecule has 1 aromatic carbocycles. The van der Waals surface area contributed by atoms with Crippen LogP contribution in [0, 0.1) is 11.6 Å². The summed E-state index contributed by atoms with van der Waals surface area (Å²) in [5.74, 6) is -1.86. The molecule has 2 rings (SSSR count). The average Bonchev–Trinajstić information content (AvgIpc) is 2.77. The summed E-state index contributed by atoms with van der Waals surface area (Å²) in [5, 5.41) is 0. The summed E-state index contributed by atoms with van der Waals surface area (Å²) < 4.78 is 42.9. The standard InChI is InChI=1S/C23H36F2N2O4/c1-4-27(14-16-29-3)13-5-6-15-30-20-10-8-19(9-11-20)26(2)23(28)31-22-12-7-18(24)17-21(22)25/h7,12,17,19-20H,4-6,8-11,13-16H2,1-3H3. The number of halogens is 2. The van der Waals surface area contributed by atoms with Crippen molar-refractivity contribution in [3.63, 3.8) is 0 Å². The molecule has 0 saturated heterocycles. The van der Waals surface area contributed by atoms with Crippen molar-refractivity contribution in [2.24, 2.45) is 0 Å². The van der Waals surface area contributed by atoms with Crippen molar-refractivity contribution < 1.29 is 27.8 Å². The Morgan fingerprint density at radius 3 is 2.48 bits per heavy atom. The fourth-order valence-electron chi connectivity index (χ4n) is 3.81. The molecule has 31 heavy (non-hydrogen) atoms. The number of rotatable bonds is 12. The third-order valence-electron chi connectivity index (χ3n) is 5.85. The number of methoxy groups -OCH3 is 1. The van der Waals surface area contributed by atoms with Gasteiger partial charge in [0.15, 0.2) is 11.6 Å². The van der Waals surface area contributed by atoms with Crippen LogP contribution in [0.4, 0.5) is 13.6 Å². The predicted octanol–water partition coefficient (Wildman–Crippen LogP) is 4.47. The van der Waals surface area contributed by atoms with Gasteiger partial charge in [-0.1, -0.05) is 6.92 Å². The van der Waals surface area contributed by atoms with E-state index in [-0.39, 0.29) is 17.9 Å². The molecule has 1 aliphatic carbocycles. The van der Waals surface area contributed by atoms with E-state index in [9.17, 15) is 13.6 Å². The highest BCUT2D eigenvalue weighted by Gasteiger charge is 2.28. The number of amides is 1. The van der Waals surface area contributed by atoms with E-state index in [1.54, 1.807) is 14.2 Å². The Balaban J connectivity index is 1.63.